The van der Waals surface area contributed by atoms with Gasteiger partial charge in [0.25, 0.3) is 5.91 Å². The molecule has 0 saturated carbocycles. The Morgan fingerprint density at radius 2 is 1.65 bits per heavy atom. The highest BCUT2D eigenvalue weighted by Crippen LogP contribution is 2.38. The smallest absolute Gasteiger partial charge is 0.258 e. The summed E-state index contributed by atoms with van der Waals surface area (Å²) in [6, 6.07) is 23.3. The SMILES string of the molecule is CC(=O)c1ccc2c(c1)/C(=C(\Nc1ccc(CN(C)C)cc1)c1ccccc1)C(=O)N2. The Kier molecular flexibility index (Phi) is 5.69. The first-order valence-corrected chi connectivity index (χ1v) is 10.2. The van der Waals surface area contributed by atoms with Gasteiger partial charge in [0.1, 0.15) is 0 Å². The molecule has 0 bridgehead atoms. The van der Waals surface area contributed by atoms with Crippen LogP contribution in [0.4, 0.5) is 11.4 Å². The number of fused-ring (bicyclic) bond motifs is 1. The van der Waals surface area contributed by atoms with Gasteiger partial charge in [-0.25, -0.2) is 0 Å². The number of hydrogen-bond donors (Lipinski definition) is 2. The molecule has 5 nitrogen and oxygen atoms in total. The van der Waals surface area contributed by atoms with Crippen molar-refractivity contribution < 1.29 is 9.59 Å². The van der Waals surface area contributed by atoms with Crippen molar-refractivity contribution in [2.45, 2.75) is 13.5 Å². The number of hydrogen-bond acceptors (Lipinski definition) is 4. The molecule has 0 spiro atoms. The number of rotatable bonds is 6. The first-order chi connectivity index (χ1) is 14.9. The van der Waals surface area contributed by atoms with Crippen LogP contribution in [0.5, 0.6) is 0 Å². The van der Waals surface area contributed by atoms with Crippen molar-refractivity contribution >= 4 is 34.3 Å². The van der Waals surface area contributed by atoms with E-state index in [0.29, 0.717) is 22.5 Å². The second-order valence-electron chi connectivity index (χ2n) is 7.95. The zero-order chi connectivity index (χ0) is 22.0. The minimum absolute atomic E-state index is 0.0350. The van der Waals surface area contributed by atoms with Crippen LogP contribution in [0.25, 0.3) is 11.3 Å². The van der Waals surface area contributed by atoms with E-state index in [2.05, 4.69) is 27.7 Å². The molecule has 0 radical (unpaired) electrons. The number of nitrogens with zero attached hydrogens (tertiary/aromatic N) is 1. The molecule has 0 aromatic heterocycles. The van der Waals surface area contributed by atoms with Gasteiger partial charge in [-0.1, -0.05) is 42.5 Å². The lowest BCUT2D eigenvalue weighted by Gasteiger charge is -2.16. The summed E-state index contributed by atoms with van der Waals surface area (Å²) in [7, 11) is 4.07. The molecule has 0 saturated heterocycles. The molecule has 2 N–H and O–H groups in total. The molecule has 1 heterocycles. The van der Waals surface area contributed by atoms with Gasteiger partial charge in [0.15, 0.2) is 5.78 Å². The van der Waals surface area contributed by atoms with Crippen LogP contribution in [-0.4, -0.2) is 30.7 Å². The third-order valence-electron chi connectivity index (χ3n) is 5.21. The predicted octanol–water partition coefficient (Wildman–Crippen LogP) is 4.88. The van der Waals surface area contributed by atoms with E-state index in [-0.39, 0.29) is 11.7 Å². The van der Waals surface area contributed by atoms with E-state index in [0.717, 1.165) is 23.4 Å². The molecule has 1 aliphatic heterocycles. The van der Waals surface area contributed by atoms with Gasteiger partial charge in [0.05, 0.1) is 11.3 Å². The van der Waals surface area contributed by atoms with Gasteiger partial charge in [-0.05, 0) is 62.5 Å². The molecule has 3 aromatic carbocycles. The molecule has 1 amide bonds. The van der Waals surface area contributed by atoms with Crippen LogP contribution in [-0.2, 0) is 11.3 Å². The first kappa shape index (κ1) is 20.6. The molecule has 1 aliphatic rings. The van der Waals surface area contributed by atoms with Crippen molar-refractivity contribution in [3.05, 3.63) is 95.1 Å². The van der Waals surface area contributed by atoms with Gasteiger partial charge in [0.2, 0.25) is 0 Å². The van der Waals surface area contributed by atoms with E-state index in [4.69, 9.17) is 0 Å². The second-order valence-corrected chi connectivity index (χ2v) is 7.95. The Bertz CT molecular complexity index is 1160. The number of amides is 1. The summed E-state index contributed by atoms with van der Waals surface area (Å²) in [4.78, 5) is 27.0. The highest BCUT2D eigenvalue weighted by molar-refractivity contribution is 6.37. The minimum atomic E-state index is -0.189. The lowest BCUT2D eigenvalue weighted by molar-refractivity contribution is -0.110. The standard InChI is InChI=1S/C26H25N3O2/c1-17(30)20-11-14-23-22(15-20)24(26(31)28-23)25(19-7-5-4-6-8-19)27-21-12-9-18(10-13-21)16-29(2)3/h4-15,27H,16H2,1-3H3,(H,28,31)/b25-24+. The molecule has 0 atom stereocenters. The van der Waals surface area contributed by atoms with Gasteiger partial charge in [0, 0.05) is 29.0 Å². The minimum Gasteiger partial charge on any atom is -0.354 e. The molecule has 0 aliphatic carbocycles. The third-order valence-corrected chi connectivity index (χ3v) is 5.21. The Hall–Kier alpha value is -3.70. The van der Waals surface area contributed by atoms with E-state index in [1.165, 1.54) is 12.5 Å². The Morgan fingerprint density at radius 3 is 2.29 bits per heavy atom. The van der Waals surface area contributed by atoms with Crippen LogP contribution >= 0.6 is 0 Å². The van der Waals surface area contributed by atoms with Crippen molar-refractivity contribution in [1.82, 2.24) is 4.90 Å². The molecular formula is C26H25N3O2. The molecule has 4 rings (SSSR count). The summed E-state index contributed by atoms with van der Waals surface area (Å²) in [5, 5.41) is 6.38. The van der Waals surface area contributed by atoms with E-state index >= 15 is 0 Å². The van der Waals surface area contributed by atoms with Crippen LogP contribution in [0.15, 0.2) is 72.8 Å². The number of ketones is 1. The molecule has 156 valence electrons. The maximum absolute atomic E-state index is 13.0. The van der Waals surface area contributed by atoms with E-state index < -0.39 is 0 Å². The van der Waals surface area contributed by atoms with Crippen molar-refractivity contribution in [1.29, 1.82) is 0 Å². The average Bonchev–Trinajstić information content (AvgIpc) is 3.08. The van der Waals surface area contributed by atoms with Gasteiger partial charge >= 0.3 is 0 Å². The molecule has 5 heteroatoms. The fraction of sp³-hybridized carbons (Fsp3) is 0.154. The largest absolute Gasteiger partial charge is 0.354 e. The zero-order valence-electron chi connectivity index (χ0n) is 17.9. The molecule has 31 heavy (non-hydrogen) atoms. The van der Waals surface area contributed by atoms with E-state index in [1.807, 2.05) is 56.6 Å². The topological polar surface area (TPSA) is 61.4 Å². The first-order valence-electron chi connectivity index (χ1n) is 10.2. The van der Waals surface area contributed by atoms with Crippen molar-refractivity contribution in [2.24, 2.45) is 0 Å². The maximum Gasteiger partial charge on any atom is 0.258 e. The Labute approximate surface area is 182 Å². The number of Topliss-reactive ketones (excluding diaryl/α,β-unsaturated/α-hetero) is 1. The molecule has 0 fully saturated rings. The van der Waals surface area contributed by atoms with Gasteiger partial charge in [-0.3, -0.25) is 9.59 Å². The van der Waals surface area contributed by atoms with Gasteiger partial charge < -0.3 is 15.5 Å². The summed E-state index contributed by atoms with van der Waals surface area (Å²) in [5.74, 6) is -0.224. The average molecular weight is 412 g/mol. The van der Waals surface area contributed by atoms with Crippen LogP contribution in [0, 0.1) is 0 Å². The highest BCUT2D eigenvalue weighted by Gasteiger charge is 2.29. The Balaban J connectivity index is 1.82. The third kappa shape index (κ3) is 4.42. The molecule has 0 unspecified atom stereocenters. The number of carbonyl (C=O) groups is 2. The predicted molar refractivity (Wildman–Crippen MR) is 126 cm³/mol. The summed E-state index contributed by atoms with van der Waals surface area (Å²) >= 11 is 0. The lowest BCUT2D eigenvalue weighted by atomic mass is 9.97. The summed E-state index contributed by atoms with van der Waals surface area (Å²) in [5.41, 5.74) is 6.24. The molecular weight excluding hydrogens is 386 g/mol. The summed E-state index contributed by atoms with van der Waals surface area (Å²) < 4.78 is 0. The fourth-order valence-electron chi connectivity index (χ4n) is 3.72. The summed E-state index contributed by atoms with van der Waals surface area (Å²) in [6.07, 6.45) is 0. The van der Waals surface area contributed by atoms with E-state index in [1.54, 1.807) is 18.2 Å². The van der Waals surface area contributed by atoms with Crippen LogP contribution in [0.2, 0.25) is 0 Å². The number of benzene rings is 3. The number of carbonyl (C=O) groups excluding carboxylic acids is 2. The number of anilines is 2. The van der Waals surface area contributed by atoms with E-state index in [9.17, 15) is 9.59 Å². The van der Waals surface area contributed by atoms with Crippen molar-refractivity contribution in [3.63, 3.8) is 0 Å². The van der Waals surface area contributed by atoms with Crippen LogP contribution < -0.4 is 10.6 Å². The number of nitrogens with one attached hydrogen (secondary N) is 2. The van der Waals surface area contributed by atoms with Gasteiger partial charge in [-0.2, -0.15) is 0 Å². The van der Waals surface area contributed by atoms with Crippen LogP contribution in [0.1, 0.15) is 34.0 Å². The Morgan fingerprint density at radius 1 is 0.935 bits per heavy atom. The monoisotopic (exact) mass is 411 g/mol. The highest BCUT2D eigenvalue weighted by atomic mass is 16.2. The quantitative estimate of drug-likeness (QED) is 0.448. The van der Waals surface area contributed by atoms with Crippen LogP contribution in [0.3, 0.4) is 0 Å². The second kappa shape index (κ2) is 8.58. The van der Waals surface area contributed by atoms with Gasteiger partial charge in [-0.15, -0.1) is 0 Å². The summed E-state index contributed by atoms with van der Waals surface area (Å²) in [6.45, 7) is 2.39. The zero-order valence-corrected chi connectivity index (χ0v) is 17.9. The fourth-order valence-corrected chi connectivity index (χ4v) is 3.72. The maximum atomic E-state index is 13.0. The van der Waals surface area contributed by atoms with Crippen molar-refractivity contribution in [3.8, 4) is 0 Å². The molecule has 3 aromatic rings. The van der Waals surface area contributed by atoms with Crippen molar-refractivity contribution in [2.75, 3.05) is 24.7 Å². The lowest BCUT2D eigenvalue weighted by Crippen LogP contribution is -2.11. The normalized spacial score (nSPS) is 14.3.